The molecule has 94 valence electrons. The highest BCUT2D eigenvalue weighted by atomic mass is 32.2. The fourth-order valence-electron chi connectivity index (χ4n) is 1.42. The van der Waals surface area contributed by atoms with E-state index in [4.69, 9.17) is 4.74 Å². The van der Waals surface area contributed by atoms with Crippen LogP contribution in [-0.2, 0) is 9.53 Å². The first-order valence-corrected chi connectivity index (χ1v) is 6.48. The van der Waals surface area contributed by atoms with Crippen LogP contribution in [-0.4, -0.2) is 25.4 Å². The highest BCUT2D eigenvalue weighted by Crippen LogP contribution is 2.25. The van der Waals surface area contributed by atoms with E-state index in [1.807, 2.05) is 26.1 Å². The molecule has 0 aliphatic carbocycles. The molecule has 0 aliphatic heterocycles. The Hall–Kier alpha value is -1.00. The van der Waals surface area contributed by atoms with Crippen molar-refractivity contribution in [3.63, 3.8) is 0 Å². The van der Waals surface area contributed by atoms with Crippen LogP contribution in [0.15, 0.2) is 29.2 Å². The summed E-state index contributed by atoms with van der Waals surface area (Å²) in [5, 5.41) is 3.01. The van der Waals surface area contributed by atoms with Gasteiger partial charge in [0, 0.05) is 10.9 Å². The molecule has 4 heteroatoms. The van der Waals surface area contributed by atoms with E-state index in [1.165, 1.54) is 24.4 Å². The fourth-order valence-corrected chi connectivity index (χ4v) is 2.31. The van der Waals surface area contributed by atoms with Crippen molar-refractivity contribution in [2.24, 2.45) is 0 Å². The Morgan fingerprint density at radius 1 is 1.29 bits per heavy atom. The quantitative estimate of drug-likeness (QED) is 0.646. The monoisotopic (exact) mass is 253 g/mol. The number of nitrogens with one attached hydrogen (secondary N) is 1. The fraction of sp³-hybridized carbons (Fsp3) is 0.462. The molecule has 0 spiro atoms. The molecule has 0 bridgehead atoms. The van der Waals surface area contributed by atoms with E-state index in [0.29, 0.717) is 6.04 Å². The summed E-state index contributed by atoms with van der Waals surface area (Å²) >= 11 is 1.51. The summed E-state index contributed by atoms with van der Waals surface area (Å²) in [5.41, 5.74) is 1.24. The SMILES string of the molecule is CNC(C)c1ccc(SC(C)C(=O)OC)cc1. The molecule has 1 aromatic rings. The third-order valence-corrected chi connectivity index (χ3v) is 3.75. The van der Waals surface area contributed by atoms with Crippen LogP contribution in [0.1, 0.15) is 25.5 Å². The molecule has 17 heavy (non-hydrogen) atoms. The average Bonchev–Trinajstić information content (AvgIpc) is 2.37. The predicted octanol–water partition coefficient (Wildman–Crippen LogP) is 2.62. The molecule has 1 aromatic carbocycles. The number of hydrogen-bond donors (Lipinski definition) is 1. The molecule has 2 atom stereocenters. The van der Waals surface area contributed by atoms with E-state index in [0.717, 1.165) is 4.90 Å². The van der Waals surface area contributed by atoms with E-state index in [-0.39, 0.29) is 11.2 Å². The predicted molar refractivity (Wildman–Crippen MR) is 71.3 cm³/mol. The van der Waals surface area contributed by atoms with Crippen LogP contribution in [0.3, 0.4) is 0 Å². The van der Waals surface area contributed by atoms with Crippen LogP contribution in [0.25, 0.3) is 0 Å². The zero-order valence-corrected chi connectivity index (χ0v) is 11.5. The number of esters is 1. The van der Waals surface area contributed by atoms with Gasteiger partial charge in [-0.25, -0.2) is 0 Å². The molecule has 1 N–H and O–H groups in total. The summed E-state index contributed by atoms with van der Waals surface area (Å²) in [6.45, 7) is 3.96. The Labute approximate surface area is 107 Å². The van der Waals surface area contributed by atoms with Gasteiger partial charge in [0.25, 0.3) is 0 Å². The van der Waals surface area contributed by atoms with E-state index in [2.05, 4.69) is 24.4 Å². The van der Waals surface area contributed by atoms with Crippen LogP contribution >= 0.6 is 11.8 Å². The maximum absolute atomic E-state index is 11.3. The smallest absolute Gasteiger partial charge is 0.318 e. The van der Waals surface area contributed by atoms with Gasteiger partial charge >= 0.3 is 5.97 Å². The molecule has 0 saturated carbocycles. The van der Waals surface area contributed by atoms with Gasteiger partial charge in [0.2, 0.25) is 0 Å². The molecular weight excluding hydrogens is 234 g/mol. The summed E-state index contributed by atoms with van der Waals surface area (Å²) < 4.78 is 4.69. The number of hydrogen-bond acceptors (Lipinski definition) is 4. The standard InChI is InChI=1S/C13H19NO2S/c1-9(14-3)11-5-7-12(8-6-11)17-10(2)13(15)16-4/h5-10,14H,1-4H3. The van der Waals surface area contributed by atoms with Gasteiger partial charge in [0.1, 0.15) is 5.25 Å². The Morgan fingerprint density at radius 2 is 1.88 bits per heavy atom. The summed E-state index contributed by atoms with van der Waals surface area (Å²) in [6.07, 6.45) is 0. The second kappa shape index (κ2) is 6.67. The minimum atomic E-state index is -0.192. The molecule has 0 aliphatic rings. The van der Waals surface area contributed by atoms with Crippen LogP contribution in [0.5, 0.6) is 0 Å². The molecule has 2 unspecified atom stereocenters. The van der Waals surface area contributed by atoms with Crippen molar-refractivity contribution in [1.29, 1.82) is 0 Å². The lowest BCUT2D eigenvalue weighted by molar-refractivity contribution is -0.139. The van der Waals surface area contributed by atoms with E-state index >= 15 is 0 Å². The second-order valence-corrected chi connectivity index (χ2v) is 5.28. The molecule has 1 rings (SSSR count). The Kier molecular flexibility index (Phi) is 5.51. The van der Waals surface area contributed by atoms with Crippen LogP contribution in [0.4, 0.5) is 0 Å². The van der Waals surface area contributed by atoms with Crippen molar-refractivity contribution in [2.45, 2.75) is 30.0 Å². The summed E-state index contributed by atoms with van der Waals surface area (Å²) in [6, 6.07) is 8.56. The van der Waals surface area contributed by atoms with Gasteiger partial charge in [-0.1, -0.05) is 12.1 Å². The summed E-state index contributed by atoms with van der Waals surface area (Å²) in [4.78, 5) is 12.4. The Balaban J connectivity index is 2.65. The van der Waals surface area contributed by atoms with Gasteiger partial charge in [-0.3, -0.25) is 4.79 Å². The highest BCUT2D eigenvalue weighted by Gasteiger charge is 2.14. The second-order valence-electron chi connectivity index (χ2n) is 3.86. The van der Waals surface area contributed by atoms with Gasteiger partial charge in [0.15, 0.2) is 0 Å². The average molecular weight is 253 g/mol. The first-order valence-electron chi connectivity index (χ1n) is 5.60. The maximum Gasteiger partial charge on any atom is 0.318 e. The van der Waals surface area contributed by atoms with Gasteiger partial charge in [-0.15, -0.1) is 11.8 Å². The molecule has 3 nitrogen and oxygen atoms in total. The van der Waals surface area contributed by atoms with Gasteiger partial charge in [-0.2, -0.15) is 0 Å². The summed E-state index contributed by atoms with van der Waals surface area (Å²) in [5.74, 6) is -0.192. The molecule has 0 heterocycles. The number of benzene rings is 1. The maximum atomic E-state index is 11.3. The van der Waals surface area contributed by atoms with Gasteiger partial charge in [-0.05, 0) is 38.6 Å². The van der Waals surface area contributed by atoms with Crippen molar-refractivity contribution in [3.8, 4) is 0 Å². The lowest BCUT2D eigenvalue weighted by Crippen LogP contribution is -2.14. The molecule has 0 aromatic heterocycles. The molecule has 0 fully saturated rings. The first-order chi connectivity index (χ1) is 8.08. The number of carbonyl (C=O) groups excluding carboxylic acids is 1. The van der Waals surface area contributed by atoms with Gasteiger partial charge < -0.3 is 10.1 Å². The topological polar surface area (TPSA) is 38.3 Å². The zero-order chi connectivity index (χ0) is 12.8. The Morgan fingerprint density at radius 3 is 2.35 bits per heavy atom. The molecule has 0 radical (unpaired) electrons. The lowest BCUT2D eigenvalue weighted by Gasteiger charge is -2.12. The van der Waals surface area contributed by atoms with Crippen molar-refractivity contribution in [3.05, 3.63) is 29.8 Å². The van der Waals surface area contributed by atoms with E-state index < -0.39 is 0 Å². The van der Waals surface area contributed by atoms with Crippen LogP contribution in [0, 0.1) is 0 Å². The third-order valence-electron chi connectivity index (χ3n) is 2.66. The van der Waals surface area contributed by atoms with Crippen molar-refractivity contribution in [2.75, 3.05) is 14.2 Å². The van der Waals surface area contributed by atoms with E-state index in [1.54, 1.807) is 0 Å². The van der Waals surface area contributed by atoms with Crippen molar-refractivity contribution < 1.29 is 9.53 Å². The minimum absolute atomic E-state index is 0.174. The van der Waals surface area contributed by atoms with Gasteiger partial charge in [0.05, 0.1) is 7.11 Å². The molecule has 0 amide bonds. The minimum Gasteiger partial charge on any atom is -0.468 e. The number of methoxy groups -OCH3 is 1. The first kappa shape index (κ1) is 14.1. The molecule has 0 saturated heterocycles. The number of ether oxygens (including phenoxy) is 1. The molecular formula is C13H19NO2S. The zero-order valence-electron chi connectivity index (χ0n) is 10.7. The largest absolute Gasteiger partial charge is 0.468 e. The lowest BCUT2D eigenvalue weighted by atomic mass is 10.1. The third kappa shape index (κ3) is 4.06. The summed E-state index contributed by atoms with van der Waals surface area (Å²) in [7, 11) is 3.35. The normalized spacial score (nSPS) is 14.1. The number of thioether (sulfide) groups is 1. The number of carbonyl (C=O) groups is 1. The van der Waals surface area contributed by atoms with Crippen LogP contribution in [0.2, 0.25) is 0 Å². The highest BCUT2D eigenvalue weighted by molar-refractivity contribution is 8.00. The van der Waals surface area contributed by atoms with Crippen LogP contribution < -0.4 is 5.32 Å². The van der Waals surface area contributed by atoms with Crippen molar-refractivity contribution in [1.82, 2.24) is 5.32 Å². The number of rotatable bonds is 5. The Bertz CT molecular complexity index is 364. The van der Waals surface area contributed by atoms with E-state index in [9.17, 15) is 4.79 Å². The van der Waals surface area contributed by atoms with Crippen molar-refractivity contribution >= 4 is 17.7 Å².